The van der Waals surface area contributed by atoms with E-state index in [1.54, 1.807) is 0 Å². The molecule has 1 aliphatic carbocycles. The van der Waals surface area contributed by atoms with Crippen molar-refractivity contribution >= 4 is 11.8 Å². The second-order valence-corrected chi connectivity index (χ2v) is 6.48. The molecule has 0 spiro atoms. The van der Waals surface area contributed by atoms with Gasteiger partial charge >= 0.3 is 0 Å². The minimum atomic E-state index is -0.147. The second-order valence-electron chi connectivity index (χ2n) is 6.48. The van der Waals surface area contributed by atoms with Crippen LogP contribution < -0.4 is 0 Å². The minimum absolute atomic E-state index is 0.0125. The number of likely N-dealkylation sites (tertiary alicyclic amines) is 1. The fourth-order valence-corrected chi connectivity index (χ4v) is 3.64. The van der Waals surface area contributed by atoms with E-state index in [0.29, 0.717) is 19.4 Å². The van der Waals surface area contributed by atoms with Gasteiger partial charge in [-0.3, -0.25) is 14.5 Å². The van der Waals surface area contributed by atoms with Gasteiger partial charge in [-0.25, -0.2) is 0 Å². The molecule has 24 heavy (non-hydrogen) atoms. The molecule has 1 fully saturated rings. The van der Waals surface area contributed by atoms with E-state index in [1.165, 1.54) is 4.90 Å². The summed E-state index contributed by atoms with van der Waals surface area (Å²) in [5.41, 5.74) is 3.29. The number of hydrogen-bond acceptors (Lipinski definition) is 2. The van der Waals surface area contributed by atoms with Crippen LogP contribution in [0.15, 0.2) is 66.7 Å². The first-order chi connectivity index (χ1) is 11.7. The van der Waals surface area contributed by atoms with E-state index in [9.17, 15) is 9.59 Å². The molecule has 0 radical (unpaired) electrons. The fourth-order valence-electron chi connectivity index (χ4n) is 3.64. The summed E-state index contributed by atoms with van der Waals surface area (Å²) in [6.45, 7) is 0.375. The Morgan fingerprint density at radius 1 is 0.750 bits per heavy atom. The van der Waals surface area contributed by atoms with Gasteiger partial charge in [0.25, 0.3) is 0 Å². The molecule has 1 saturated heterocycles. The van der Waals surface area contributed by atoms with Gasteiger partial charge in [0.1, 0.15) is 0 Å². The van der Waals surface area contributed by atoms with Gasteiger partial charge in [-0.05, 0) is 29.5 Å². The number of amides is 2. The average molecular weight is 317 g/mol. The first kappa shape index (κ1) is 14.9. The largest absolute Gasteiger partial charge is 0.278 e. The summed E-state index contributed by atoms with van der Waals surface area (Å²) >= 11 is 0. The third-order valence-electron chi connectivity index (χ3n) is 5.00. The van der Waals surface area contributed by atoms with Crippen molar-refractivity contribution in [2.24, 2.45) is 11.8 Å². The molecule has 4 rings (SSSR count). The van der Waals surface area contributed by atoms with Gasteiger partial charge in [0, 0.05) is 0 Å². The molecule has 2 atom stereocenters. The molecule has 0 saturated carbocycles. The van der Waals surface area contributed by atoms with Crippen LogP contribution in [0.4, 0.5) is 0 Å². The van der Waals surface area contributed by atoms with Crippen LogP contribution >= 0.6 is 0 Å². The molecule has 2 aromatic rings. The fraction of sp³-hybridized carbons (Fsp3) is 0.238. The topological polar surface area (TPSA) is 37.4 Å². The summed E-state index contributed by atoms with van der Waals surface area (Å²) in [4.78, 5) is 26.5. The van der Waals surface area contributed by atoms with Crippen molar-refractivity contribution in [3.8, 4) is 11.1 Å². The van der Waals surface area contributed by atoms with E-state index in [4.69, 9.17) is 0 Å². The Labute approximate surface area is 141 Å². The molecule has 2 aromatic carbocycles. The van der Waals surface area contributed by atoms with Gasteiger partial charge < -0.3 is 0 Å². The number of imide groups is 1. The Balaban J connectivity index is 1.52. The Morgan fingerprint density at radius 3 is 1.88 bits per heavy atom. The highest BCUT2D eigenvalue weighted by Gasteiger charge is 2.46. The van der Waals surface area contributed by atoms with Crippen molar-refractivity contribution in [2.45, 2.75) is 19.4 Å². The Bertz CT molecular complexity index is 766. The molecule has 2 amide bonds. The number of hydrogen-bond donors (Lipinski definition) is 0. The van der Waals surface area contributed by atoms with Crippen molar-refractivity contribution in [1.82, 2.24) is 4.90 Å². The van der Waals surface area contributed by atoms with E-state index in [0.717, 1.165) is 16.7 Å². The normalized spacial score (nSPS) is 22.8. The quantitative estimate of drug-likeness (QED) is 0.638. The van der Waals surface area contributed by atoms with Crippen molar-refractivity contribution in [1.29, 1.82) is 0 Å². The molecule has 120 valence electrons. The number of rotatable bonds is 3. The molecule has 0 bridgehead atoms. The Kier molecular flexibility index (Phi) is 3.77. The van der Waals surface area contributed by atoms with Crippen LogP contribution in [0.2, 0.25) is 0 Å². The van der Waals surface area contributed by atoms with Crippen LogP contribution in [0.25, 0.3) is 11.1 Å². The van der Waals surface area contributed by atoms with Crippen molar-refractivity contribution in [2.75, 3.05) is 0 Å². The summed E-state index contributed by atoms with van der Waals surface area (Å²) in [6.07, 6.45) is 5.42. The summed E-state index contributed by atoms with van der Waals surface area (Å²) in [6, 6.07) is 18.3. The van der Waals surface area contributed by atoms with Gasteiger partial charge in [-0.1, -0.05) is 66.7 Å². The second kappa shape index (κ2) is 6.08. The van der Waals surface area contributed by atoms with Crippen LogP contribution in [-0.2, 0) is 16.1 Å². The van der Waals surface area contributed by atoms with E-state index >= 15 is 0 Å². The molecule has 0 unspecified atom stereocenters. The molecule has 3 heteroatoms. The molecular weight excluding hydrogens is 298 g/mol. The number of nitrogens with zero attached hydrogens (tertiary/aromatic N) is 1. The molecule has 2 aliphatic rings. The standard InChI is InChI=1S/C21H19NO2/c23-20-18-8-4-5-9-19(18)21(24)22(20)14-15-10-12-17(13-11-15)16-6-2-1-3-7-16/h1-7,10-13,18-19H,8-9,14H2/t18-,19+. The van der Waals surface area contributed by atoms with E-state index < -0.39 is 0 Å². The Morgan fingerprint density at radius 2 is 1.29 bits per heavy atom. The highest BCUT2D eigenvalue weighted by Crippen LogP contribution is 2.35. The van der Waals surface area contributed by atoms with Crippen LogP contribution in [0, 0.1) is 11.8 Å². The van der Waals surface area contributed by atoms with Gasteiger partial charge in [0.2, 0.25) is 11.8 Å². The first-order valence-corrected chi connectivity index (χ1v) is 8.38. The third-order valence-corrected chi connectivity index (χ3v) is 5.00. The van der Waals surface area contributed by atoms with Gasteiger partial charge in [0.05, 0.1) is 18.4 Å². The maximum atomic E-state index is 12.5. The highest BCUT2D eigenvalue weighted by atomic mass is 16.2. The lowest BCUT2D eigenvalue weighted by Gasteiger charge is -2.15. The van der Waals surface area contributed by atoms with Crippen molar-refractivity contribution < 1.29 is 9.59 Å². The molecular formula is C21H19NO2. The number of allylic oxidation sites excluding steroid dienone is 2. The van der Waals surface area contributed by atoms with E-state index in [-0.39, 0.29) is 23.7 Å². The number of benzene rings is 2. The molecule has 1 aliphatic heterocycles. The lowest BCUT2D eigenvalue weighted by molar-refractivity contribution is -0.140. The lowest BCUT2D eigenvalue weighted by atomic mass is 9.85. The predicted octanol–water partition coefficient (Wildman–Crippen LogP) is 3.80. The number of carbonyl (C=O) groups excluding carboxylic acids is 2. The molecule has 3 nitrogen and oxygen atoms in total. The van der Waals surface area contributed by atoms with Crippen LogP contribution in [0.3, 0.4) is 0 Å². The summed E-state index contributed by atoms with van der Waals surface area (Å²) < 4.78 is 0. The zero-order valence-electron chi connectivity index (χ0n) is 13.4. The van der Waals surface area contributed by atoms with Crippen molar-refractivity contribution in [3.05, 3.63) is 72.3 Å². The zero-order valence-corrected chi connectivity index (χ0v) is 13.4. The Hall–Kier alpha value is -2.68. The number of carbonyl (C=O) groups is 2. The van der Waals surface area contributed by atoms with E-state index in [2.05, 4.69) is 12.1 Å². The maximum Gasteiger partial charge on any atom is 0.233 e. The van der Waals surface area contributed by atoms with Gasteiger partial charge in [0.15, 0.2) is 0 Å². The van der Waals surface area contributed by atoms with Crippen LogP contribution in [-0.4, -0.2) is 16.7 Å². The van der Waals surface area contributed by atoms with Crippen LogP contribution in [0.1, 0.15) is 18.4 Å². The maximum absolute atomic E-state index is 12.5. The van der Waals surface area contributed by atoms with E-state index in [1.807, 2.05) is 54.6 Å². The minimum Gasteiger partial charge on any atom is -0.278 e. The predicted molar refractivity (Wildman–Crippen MR) is 92.8 cm³/mol. The molecule has 0 N–H and O–H groups in total. The van der Waals surface area contributed by atoms with Crippen LogP contribution in [0.5, 0.6) is 0 Å². The van der Waals surface area contributed by atoms with Gasteiger partial charge in [-0.2, -0.15) is 0 Å². The van der Waals surface area contributed by atoms with Crippen molar-refractivity contribution in [3.63, 3.8) is 0 Å². The summed E-state index contributed by atoms with van der Waals surface area (Å²) in [5, 5.41) is 0. The highest BCUT2D eigenvalue weighted by molar-refractivity contribution is 6.05. The zero-order chi connectivity index (χ0) is 16.5. The summed E-state index contributed by atoms with van der Waals surface area (Å²) in [7, 11) is 0. The average Bonchev–Trinajstić information content (AvgIpc) is 2.88. The lowest BCUT2D eigenvalue weighted by Crippen LogP contribution is -2.30. The summed E-state index contributed by atoms with van der Waals surface area (Å²) in [5.74, 6) is -0.319. The third kappa shape index (κ3) is 2.56. The smallest absolute Gasteiger partial charge is 0.233 e. The molecule has 0 aromatic heterocycles. The molecule has 1 heterocycles. The SMILES string of the molecule is O=C1[C@H]2CC=CC[C@H]2C(=O)N1Cc1ccc(-c2ccccc2)cc1. The van der Waals surface area contributed by atoms with Gasteiger partial charge in [-0.15, -0.1) is 0 Å². The number of fused-ring (bicyclic) bond motifs is 1. The first-order valence-electron chi connectivity index (χ1n) is 8.38. The monoisotopic (exact) mass is 317 g/mol.